The van der Waals surface area contributed by atoms with E-state index in [2.05, 4.69) is 0 Å². The first-order valence-electron chi connectivity index (χ1n) is 5.01. The van der Waals surface area contributed by atoms with Crippen LogP contribution in [0.15, 0.2) is 36.4 Å². The van der Waals surface area contributed by atoms with E-state index in [4.69, 9.17) is 34.8 Å². The molecule has 0 saturated heterocycles. The number of benzene rings is 2. The fourth-order valence-electron chi connectivity index (χ4n) is 1.80. The predicted octanol–water partition coefficient (Wildman–Crippen LogP) is 4.70. The van der Waals surface area contributed by atoms with Gasteiger partial charge in [-0.3, -0.25) is 4.79 Å². The molecule has 0 bridgehead atoms. The molecule has 2 aromatic carbocycles. The number of ketones is 1. The molecule has 0 amide bonds. The van der Waals surface area contributed by atoms with Crippen molar-refractivity contribution in [3.05, 3.63) is 47.5 Å². The standard InChI is InChI=1S/C13H9Cl3O/c1-8-6-7-11(12(17)13(14,15)16)10-5-3-2-4-9(8)10/h2-7H,1H3. The lowest BCUT2D eigenvalue weighted by Gasteiger charge is -2.12. The molecule has 0 atom stereocenters. The molecule has 0 heterocycles. The first-order chi connectivity index (χ1) is 7.91. The van der Waals surface area contributed by atoms with E-state index >= 15 is 0 Å². The lowest BCUT2D eigenvalue weighted by Crippen LogP contribution is -2.19. The van der Waals surface area contributed by atoms with Gasteiger partial charge in [0, 0.05) is 5.56 Å². The number of fused-ring (bicyclic) bond motifs is 1. The van der Waals surface area contributed by atoms with Gasteiger partial charge in [0.05, 0.1) is 0 Å². The zero-order valence-electron chi connectivity index (χ0n) is 9.01. The summed E-state index contributed by atoms with van der Waals surface area (Å²) in [5, 5.41) is 1.80. The van der Waals surface area contributed by atoms with Crippen molar-refractivity contribution in [3.8, 4) is 0 Å². The third kappa shape index (κ3) is 2.42. The van der Waals surface area contributed by atoms with Gasteiger partial charge in [-0.15, -0.1) is 0 Å². The largest absolute Gasteiger partial charge is 0.289 e. The molecule has 0 radical (unpaired) electrons. The average Bonchev–Trinajstić information content (AvgIpc) is 2.28. The fraction of sp³-hybridized carbons (Fsp3) is 0.154. The van der Waals surface area contributed by atoms with Gasteiger partial charge in [0.1, 0.15) is 0 Å². The van der Waals surface area contributed by atoms with Crippen molar-refractivity contribution in [1.29, 1.82) is 0 Å². The lowest BCUT2D eigenvalue weighted by atomic mass is 9.98. The van der Waals surface area contributed by atoms with Gasteiger partial charge in [-0.2, -0.15) is 0 Å². The van der Waals surface area contributed by atoms with Gasteiger partial charge >= 0.3 is 0 Å². The number of Topliss-reactive ketones (excluding diaryl/α,β-unsaturated/α-hetero) is 1. The quantitative estimate of drug-likeness (QED) is 0.549. The minimum atomic E-state index is -1.92. The maximum atomic E-state index is 12.0. The molecule has 0 saturated carbocycles. The van der Waals surface area contributed by atoms with Crippen molar-refractivity contribution in [2.75, 3.05) is 0 Å². The second kappa shape index (κ2) is 4.49. The summed E-state index contributed by atoms with van der Waals surface area (Å²) in [5.41, 5.74) is 1.52. The Kier molecular flexibility index (Phi) is 3.35. The van der Waals surface area contributed by atoms with Crippen LogP contribution in [0.2, 0.25) is 0 Å². The first-order valence-corrected chi connectivity index (χ1v) is 6.14. The van der Waals surface area contributed by atoms with E-state index in [-0.39, 0.29) is 0 Å². The van der Waals surface area contributed by atoms with Crippen molar-refractivity contribution in [1.82, 2.24) is 0 Å². The Balaban J connectivity index is 2.72. The van der Waals surface area contributed by atoms with Gasteiger partial charge in [0.25, 0.3) is 3.79 Å². The van der Waals surface area contributed by atoms with Crippen LogP contribution in [-0.2, 0) is 0 Å². The molecule has 0 fully saturated rings. The summed E-state index contributed by atoms with van der Waals surface area (Å²) in [4.78, 5) is 12.0. The van der Waals surface area contributed by atoms with Crippen LogP contribution >= 0.6 is 34.8 Å². The number of alkyl halides is 3. The van der Waals surface area contributed by atoms with Crippen LogP contribution in [0.4, 0.5) is 0 Å². The molecular weight excluding hydrogens is 279 g/mol. The first kappa shape index (κ1) is 12.7. The van der Waals surface area contributed by atoms with Gasteiger partial charge in [-0.25, -0.2) is 0 Å². The topological polar surface area (TPSA) is 17.1 Å². The van der Waals surface area contributed by atoms with E-state index in [1.807, 2.05) is 37.3 Å². The van der Waals surface area contributed by atoms with E-state index in [0.717, 1.165) is 16.3 Å². The molecule has 0 aliphatic heterocycles. The van der Waals surface area contributed by atoms with Gasteiger partial charge in [0.2, 0.25) is 5.78 Å². The summed E-state index contributed by atoms with van der Waals surface area (Å²) in [6, 6.07) is 11.1. The Hall–Kier alpha value is -0.760. The molecule has 17 heavy (non-hydrogen) atoms. The van der Waals surface area contributed by atoms with Crippen molar-refractivity contribution in [3.63, 3.8) is 0 Å². The van der Waals surface area contributed by atoms with Gasteiger partial charge in [-0.1, -0.05) is 71.2 Å². The molecule has 0 unspecified atom stereocenters. The molecule has 0 aromatic heterocycles. The minimum Gasteiger partial charge on any atom is -0.289 e. The van der Waals surface area contributed by atoms with Crippen LogP contribution < -0.4 is 0 Å². The highest BCUT2D eigenvalue weighted by atomic mass is 35.6. The summed E-state index contributed by atoms with van der Waals surface area (Å²) in [5.74, 6) is -0.501. The summed E-state index contributed by atoms with van der Waals surface area (Å²) in [7, 11) is 0. The maximum absolute atomic E-state index is 12.0. The van der Waals surface area contributed by atoms with Crippen LogP contribution in [0.25, 0.3) is 10.8 Å². The van der Waals surface area contributed by atoms with Crippen LogP contribution in [0.1, 0.15) is 15.9 Å². The van der Waals surface area contributed by atoms with E-state index in [1.54, 1.807) is 6.07 Å². The monoisotopic (exact) mass is 286 g/mol. The molecular formula is C13H9Cl3O. The van der Waals surface area contributed by atoms with Crippen molar-refractivity contribution in [2.45, 2.75) is 10.7 Å². The van der Waals surface area contributed by atoms with E-state index in [9.17, 15) is 4.79 Å². The molecule has 0 spiro atoms. The van der Waals surface area contributed by atoms with Crippen LogP contribution in [-0.4, -0.2) is 9.58 Å². The molecule has 4 heteroatoms. The van der Waals surface area contributed by atoms with Crippen molar-refractivity contribution in [2.24, 2.45) is 0 Å². The Labute approximate surface area is 114 Å². The molecule has 0 aliphatic carbocycles. The van der Waals surface area contributed by atoms with E-state index in [1.165, 1.54) is 0 Å². The van der Waals surface area contributed by atoms with E-state index in [0.29, 0.717) is 5.56 Å². The number of hydrogen-bond donors (Lipinski definition) is 0. The Morgan fingerprint density at radius 2 is 1.59 bits per heavy atom. The second-order valence-electron chi connectivity index (χ2n) is 3.80. The second-order valence-corrected chi connectivity index (χ2v) is 6.08. The zero-order valence-corrected chi connectivity index (χ0v) is 11.3. The summed E-state index contributed by atoms with van der Waals surface area (Å²) >= 11 is 16.9. The third-order valence-electron chi connectivity index (χ3n) is 2.64. The summed E-state index contributed by atoms with van der Waals surface area (Å²) < 4.78 is -1.92. The molecule has 0 aliphatic rings. The highest BCUT2D eigenvalue weighted by molar-refractivity contribution is 6.77. The number of halogens is 3. The number of rotatable bonds is 1. The summed E-state index contributed by atoms with van der Waals surface area (Å²) in [6.07, 6.45) is 0. The highest BCUT2D eigenvalue weighted by Gasteiger charge is 2.32. The van der Waals surface area contributed by atoms with Crippen molar-refractivity contribution < 1.29 is 4.79 Å². The van der Waals surface area contributed by atoms with Crippen molar-refractivity contribution >= 4 is 51.4 Å². The number of hydrogen-bond acceptors (Lipinski definition) is 1. The number of aryl methyl sites for hydroxylation is 1. The Bertz CT molecular complexity index is 585. The summed E-state index contributed by atoms with van der Waals surface area (Å²) in [6.45, 7) is 1.98. The van der Waals surface area contributed by atoms with Gasteiger partial charge in [0.15, 0.2) is 0 Å². The third-order valence-corrected chi connectivity index (χ3v) is 3.16. The minimum absolute atomic E-state index is 0.436. The smallest absolute Gasteiger partial charge is 0.253 e. The van der Waals surface area contributed by atoms with Crippen LogP contribution in [0.5, 0.6) is 0 Å². The number of carbonyl (C=O) groups is 1. The lowest BCUT2D eigenvalue weighted by molar-refractivity contribution is 0.0998. The SMILES string of the molecule is Cc1ccc(C(=O)C(Cl)(Cl)Cl)c2ccccc12. The Morgan fingerprint density at radius 3 is 2.18 bits per heavy atom. The Morgan fingerprint density at radius 1 is 1.00 bits per heavy atom. The van der Waals surface area contributed by atoms with Crippen LogP contribution in [0.3, 0.4) is 0 Å². The molecule has 1 nitrogen and oxygen atoms in total. The average molecular weight is 288 g/mol. The molecule has 88 valence electrons. The zero-order chi connectivity index (χ0) is 12.6. The highest BCUT2D eigenvalue weighted by Crippen LogP contribution is 2.33. The van der Waals surface area contributed by atoms with Crippen LogP contribution in [0, 0.1) is 6.92 Å². The molecule has 0 N–H and O–H groups in total. The number of carbonyl (C=O) groups excluding carboxylic acids is 1. The van der Waals surface area contributed by atoms with Gasteiger partial charge in [-0.05, 0) is 23.3 Å². The fourth-order valence-corrected chi connectivity index (χ4v) is 2.11. The van der Waals surface area contributed by atoms with Gasteiger partial charge < -0.3 is 0 Å². The molecule has 2 rings (SSSR count). The maximum Gasteiger partial charge on any atom is 0.253 e. The van der Waals surface area contributed by atoms with E-state index < -0.39 is 9.58 Å². The molecule has 2 aromatic rings. The normalized spacial score (nSPS) is 11.8. The predicted molar refractivity (Wildman–Crippen MR) is 73.3 cm³/mol.